The first-order valence-corrected chi connectivity index (χ1v) is 10.1. The van der Waals surface area contributed by atoms with E-state index in [0.29, 0.717) is 34.8 Å². The number of benzene rings is 3. The zero-order valence-corrected chi connectivity index (χ0v) is 17.7. The van der Waals surface area contributed by atoms with Crippen LogP contribution in [0.5, 0.6) is 28.7 Å². The van der Waals surface area contributed by atoms with Gasteiger partial charge in [0.2, 0.25) is 0 Å². The summed E-state index contributed by atoms with van der Waals surface area (Å²) in [5, 5.41) is 20.0. The van der Waals surface area contributed by atoms with Gasteiger partial charge in [-0.2, -0.15) is 0 Å². The zero-order valence-electron chi connectivity index (χ0n) is 17.7. The van der Waals surface area contributed by atoms with Gasteiger partial charge >= 0.3 is 5.63 Å². The number of aromatic hydroxyl groups is 2. The third kappa shape index (κ3) is 4.68. The highest BCUT2D eigenvalue weighted by molar-refractivity contribution is 5.91. The number of hydrogen-bond acceptors (Lipinski definition) is 7. The Labute approximate surface area is 184 Å². The van der Waals surface area contributed by atoms with Gasteiger partial charge in [0.05, 0.1) is 5.39 Å². The van der Waals surface area contributed by atoms with Gasteiger partial charge in [-0.15, -0.1) is 0 Å². The Bertz CT molecular complexity index is 1280. The first-order valence-electron chi connectivity index (χ1n) is 10.1. The van der Waals surface area contributed by atoms with Crippen LogP contribution in [0.1, 0.15) is 0 Å². The monoisotopic (exact) mass is 433 g/mol. The average molecular weight is 433 g/mol. The number of rotatable bonds is 7. The van der Waals surface area contributed by atoms with Crippen molar-refractivity contribution < 1.29 is 24.1 Å². The molecule has 0 amide bonds. The normalized spacial score (nSPS) is 11.1. The van der Waals surface area contributed by atoms with Gasteiger partial charge < -0.3 is 29.0 Å². The van der Waals surface area contributed by atoms with Crippen LogP contribution in [0.15, 0.2) is 75.9 Å². The molecule has 0 saturated carbocycles. The molecular weight excluding hydrogens is 410 g/mol. The van der Waals surface area contributed by atoms with E-state index in [1.807, 2.05) is 19.0 Å². The summed E-state index contributed by atoms with van der Waals surface area (Å²) in [6.07, 6.45) is 0. The van der Waals surface area contributed by atoms with E-state index in [2.05, 4.69) is 0 Å². The predicted molar refractivity (Wildman–Crippen MR) is 122 cm³/mol. The number of likely N-dealkylation sites (N-methyl/N-ethyl adjacent to an activating group) is 1. The topological polar surface area (TPSA) is 92.4 Å². The number of phenols is 2. The fraction of sp³-hybridized carbons (Fsp3) is 0.160. The lowest BCUT2D eigenvalue weighted by molar-refractivity contribution is 0.261. The van der Waals surface area contributed by atoms with Crippen LogP contribution >= 0.6 is 0 Å². The Morgan fingerprint density at radius 1 is 0.875 bits per heavy atom. The summed E-state index contributed by atoms with van der Waals surface area (Å²) >= 11 is 0. The molecule has 0 aliphatic carbocycles. The summed E-state index contributed by atoms with van der Waals surface area (Å²) in [6, 6.07) is 17.8. The molecule has 1 aromatic heterocycles. The molecule has 164 valence electrons. The molecule has 32 heavy (non-hydrogen) atoms. The molecule has 1 heterocycles. The smallest absolute Gasteiger partial charge is 0.348 e. The van der Waals surface area contributed by atoms with Gasteiger partial charge in [-0.05, 0) is 68.2 Å². The van der Waals surface area contributed by atoms with Crippen molar-refractivity contribution in [1.82, 2.24) is 4.90 Å². The standard InChI is InChI=1S/C25H23NO6/c1-26(2)13-14-30-19-8-10-20(11-9-19)31-24-21-12-7-18(28)15-22(21)32-25(29)23(24)16-3-5-17(27)6-4-16/h3-12,15,27-28H,13-14H2,1-2H3. The largest absolute Gasteiger partial charge is 0.508 e. The second kappa shape index (κ2) is 9.03. The summed E-state index contributed by atoms with van der Waals surface area (Å²) in [7, 11) is 3.96. The van der Waals surface area contributed by atoms with Crippen LogP contribution in [0.4, 0.5) is 0 Å². The summed E-state index contributed by atoms with van der Waals surface area (Å²) in [5.41, 5.74) is 0.336. The summed E-state index contributed by atoms with van der Waals surface area (Å²) in [6.45, 7) is 1.36. The first-order chi connectivity index (χ1) is 15.4. The van der Waals surface area contributed by atoms with E-state index in [0.717, 1.165) is 6.54 Å². The molecule has 0 saturated heterocycles. The SMILES string of the molecule is CN(C)CCOc1ccc(Oc2c(-c3ccc(O)cc3)c(=O)oc3cc(O)ccc23)cc1. The fourth-order valence-corrected chi connectivity index (χ4v) is 3.21. The van der Waals surface area contributed by atoms with E-state index in [9.17, 15) is 15.0 Å². The van der Waals surface area contributed by atoms with Crippen molar-refractivity contribution >= 4 is 11.0 Å². The van der Waals surface area contributed by atoms with Gasteiger partial charge in [0.25, 0.3) is 0 Å². The molecular formula is C25H23NO6. The van der Waals surface area contributed by atoms with Gasteiger partial charge in [-0.1, -0.05) is 12.1 Å². The third-order valence-electron chi connectivity index (χ3n) is 4.85. The van der Waals surface area contributed by atoms with Crippen LogP contribution in [0.25, 0.3) is 22.1 Å². The van der Waals surface area contributed by atoms with Crippen molar-refractivity contribution in [3.8, 4) is 39.9 Å². The van der Waals surface area contributed by atoms with Crippen LogP contribution in [-0.4, -0.2) is 42.4 Å². The molecule has 0 unspecified atom stereocenters. The molecule has 0 bridgehead atoms. The van der Waals surface area contributed by atoms with Crippen LogP contribution in [-0.2, 0) is 0 Å². The molecule has 4 rings (SSSR count). The molecule has 3 aromatic carbocycles. The number of hydrogen-bond donors (Lipinski definition) is 2. The molecule has 0 atom stereocenters. The molecule has 0 aliphatic rings. The minimum atomic E-state index is -0.618. The lowest BCUT2D eigenvalue weighted by atomic mass is 10.0. The quantitative estimate of drug-likeness (QED) is 0.411. The minimum Gasteiger partial charge on any atom is -0.508 e. The van der Waals surface area contributed by atoms with Crippen LogP contribution in [0.2, 0.25) is 0 Å². The molecule has 7 heteroatoms. The first kappa shape index (κ1) is 21.3. The lowest BCUT2D eigenvalue weighted by Crippen LogP contribution is -2.19. The van der Waals surface area contributed by atoms with E-state index in [-0.39, 0.29) is 22.6 Å². The predicted octanol–water partition coefficient (Wildman–Crippen LogP) is 4.60. The third-order valence-corrected chi connectivity index (χ3v) is 4.85. The van der Waals surface area contributed by atoms with Gasteiger partial charge in [-0.3, -0.25) is 0 Å². The van der Waals surface area contributed by atoms with Gasteiger partial charge in [0.1, 0.15) is 40.8 Å². The Morgan fingerprint density at radius 2 is 1.53 bits per heavy atom. The van der Waals surface area contributed by atoms with Gasteiger partial charge in [-0.25, -0.2) is 4.79 Å². The Hall–Kier alpha value is -3.97. The highest BCUT2D eigenvalue weighted by Crippen LogP contribution is 2.38. The number of nitrogens with zero attached hydrogens (tertiary/aromatic N) is 1. The number of phenolic OH excluding ortho intramolecular Hbond substituents is 2. The Morgan fingerprint density at radius 3 is 2.22 bits per heavy atom. The van der Waals surface area contributed by atoms with E-state index in [4.69, 9.17) is 13.9 Å². The average Bonchev–Trinajstić information content (AvgIpc) is 2.75. The van der Waals surface area contributed by atoms with Crippen molar-refractivity contribution in [2.75, 3.05) is 27.2 Å². The number of ether oxygens (including phenoxy) is 2. The minimum absolute atomic E-state index is 0.0248. The Balaban J connectivity index is 1.74. The van der Waals surface area contributed by atoms with Crippen molar-refractivity contribution in [3.63, 3.8) is 0 Å². The van der Waals surface area contributed by atoms with Gasteiger partial charge in [0, 0.05) is 12.6 Å². The molecule has 0 aliphatic heterocycles. The summed E-state index contributed by atoms with van der Waals surface area (Å²) in [4.78, 5) is 14.9. The molecule has 0 fully saturated rings. The zero-order chi connectivity index (χ0) is 22.7. The molecule has 0 radical (unpaired) electrons. The van der Waals surface area contributed by atoms with Crippen LogP contribution < -0.4 is 15.1 Å². The number of fused-ring (bicyclic) bond motifs is 1. The highest BCUT2D eigenvalue weighted by atomic mass is 16.5. The molecule has 0 spiro atoms. The van der Waals surface area contributed by atoms with Crippen molar-refractivity contribution in [1.29, 1.82) is 0 Å². The summed E-state index contributed by atoms with van der Waals surface area (Å²) in [5.74, 6) is 1.56. The van der Waals surface area contributed by atoms with E-state index in [1.54, 1.807) is 42.5 Å². The van der Waals surface area contributed by atoms with E-state index < -0.39 is 5.63 Å². The van der Waals surface area contributed by atoms with Crippen LogP contribution in [0.3, 0.4) is 0 Å². The van der Waals surface area contributed by atoms with Crippen molar-refractivity contribution in [2.24, 2.45) is 0 Å². The van der Waals surface area contributed by atoms with Crippen LogP contribution in [0, 0.1) is 0 Å². The van der Waals surface area contributed by atoms with Crippen molar-refractivity contribution in [3.05, 3.63) is 77.2 Å². The van der Waals surface area contributed by atoms with E-state index in [1.165, 1.54) is 24.3 Å². The van der Waals surface area contributed by atoms with Gasteiger partial charge in [0.15, 0.2) is 5.75 Å². The molecule has 7 nitrogen and oxygen atoms in total. The summed E-state index contributed by atoms with van der Waals surface area (Å²) < 4.78 is 17.3. The molecule has 2 N–H and O–H groups in total. The van der Waals surface area contributed by atoms with E-state index >= 15 is 0 Å². The maximum absolute atomic E-state index is 12.9. The molecule has 4 aromatic rings. The fourth-order valence-electron chi connectivity index (χ4n) is 3.21. The van der Waals surface area contributed by atoms with Crippen molar-refractivity contribution in [2.45, 2.75) is 0 Å². The lowest BCUT2D eigenvalue weighted by Gasteiger charge is -2.14. The Kier molecular flexibility index (Phi) is 6.00. The maximum Gasteiger partial charge on any atom is 0.348 e. The maximum atomic E-state index is 12.9. The second-order valence-corrected chi connectivity index (χ2v) is 7.55. The highest BCUT2D eigenvalue weighted by Gasteiger charge is 2.19. The second-order valence-electron chi connectivity index (χ2n) is 7.55.